The largest absolute Gasteiger partial charge is 0.545 e. The molecule has 0 fully saturated rings. The molecule has 9 nitrogen and oxygen atoms in total. The summed E-state index contributed by atoms with van der Waals surface area (Å²) in [4.78, 5) is 37.3. The molecule has 0 rings (SSSR count). The van der Waals surface area contributed by atoms with Crippen molar-refractivity contribution in [1.82, 2.24) is 0 Å². The summed E-state index contributed by atoms with van der Waals surface area (Å²) in [6.45, 7) is 4.64. The Morgan fingerprint density at radius 2 is 0.731 bits per heavy atom. The van der Waals surface area contributed by atoms with Crippen LogP contribution in [0, 0.1) is 0 Å². The van der Waals surface area contributed by atoms with Gasteiger partial charge in [-0.25, -0.2) is 0 Å². The van der Waals surface area contributed by atoms with Crippen LogP contribution >= 0.6 is 0 Å². The minimum Gasteiger partial charge on any atom is -0.545 e. The lowest BCUT2D eigenvalue weighted by Crippen LogP contribution is -2.44. The van der Waals surface area contributed by atoms with Crippen molar-refractivity contribution in [2.45, 2.75) is 302 Å². The van der Waals surface area contributed by atoms with Crippen LogP contribution in [0.1, 0.15) is 290 Å². The lowest BCUT2D eigenvalue weighted by Gasteiger charge is -2.26. The summed E-state index contributed by atoms with van der Waals surface area (Å²) in [5, 5.41) is 11.8. The number of allylic oxidation sites excluding steroid dienone is 12. The van der Waals surface area contributed by atoms with Crippen molar-refractivity contribution in [2.24, 2.45) is 0 Å². The molecule has 0 aromatic heterocycles. The van der Waals surface area contributed by atoms with Gasteiger partial charge in [0, 0.05) is 12.8 Å². The monoisotopic (exact) mass is 1090 g/mol. The van der Waals surface area contributed by atoms with E-state index in [2.05, 4.69) is 86.8 Å². The third-order valence-electron chi connectivity index (χ3n) is 14.2. The number of unbranched alkanes of at least 4 members (excludes halogenated alkanes) is 33. The number of likely N-dealkylation sites (N-methyl/N-ethyl adjacent to an activating group) is 1. The number of hydrogen-bond acceptors (Lipinski definition) is 8. The smallest absolute Gasteiger partial charge is 0.306 e. The SMILES string of the molecule is CC/C=C\C/C=C\C/C=C\C/C=C\C/C=C\CCCCCCCCCCCCCCCCCCCCCCCCCC(=O)OC(COC(=O)CCCCCCC/C=C\CCCCCCC)COC(OCC[N+](C)(C)C)C(=O)[O-]. The Kier molecular flexibility index (Phi) is 57.3. The molecular formula is C69H123NO8. The maximum atomic E-state index is 12.9. The molecule has 0 heterocycles. The summed E-state index contributed by atoms with van der Waals surface area (Å²) >= 11 is 0. The van der Waals surface area contributed by atoms with Gasteiger partial charge in [-0.05, 0) is 83.5 Å². The highest BCUT2D eigenvalue weighted by Crippen LogP contribution is 2.17. The van der Waals surface area contributed by atoms with Gasteiger partial charge >= 0.3 is 11.9 Å². The first-order valence-electron chi connectivity index (χ1n) is 32.6. The molecule has 452 valence electrons. The van der Waals surface area contributed by atoms with Gasteiger partial charge in [0.05, 0.1) is 40.3 Å². The summed E-state index contributed by atoms with van der Waals surface area (Å²) in [6.07, 6.45) is 75.6. The summed E-state index contributed by atoms with van der Waals surface area (Å²) in [6, 6.07) is 0. The van der Waals surface area contributed by atoms with E-state index in [0.717, 1.165) is 83.5 Å². The van der Waals surface area contributed by atoms with Crippen LogP contribution in [-0.4, -0.2) is 82.3 Å². The number of aliphatic carboxylic acids is 1. The topological polar surface area (TPSA) is 111 Å². The average molecular weight is 1090 g/mol. The van der Waals surface area contributed by atoms with Crippen LogP contribution < -0.4 is 5.11 Å². The van der Waals surface area contributed by atoms with Crippen LogP contribution in [0.3, 0.4) is 0 Å². The van der Waals surface area contributed by atoms with Gasteiger partial charge in [-0.1, -0.05) is 267 Å². The zero-order chi connectivity index (χ0) is 56.9. The predicted octanol–water partition coefficient (Wildman–Crippen LogP) is 18.4. The van der Waals surface area contributed by atoms with Gasteiger partial charge in [0.15, 0.2) is 12.4 Å². The number of carboxylic acid groups (broad SMARTS) is 1. The fourth-order valence-electron chi connectivity index (χ4n) is 9.21. The lowest BCUT2D eigenvalue weighted by atomic mass is 10.0. The van der Waals surface area contributed by atoms with Gasteiger partial charge in [-0.2, -0.15) is 0 Å². The second-order valence-electron chi connectivity index (χ2n) is 23.0. The van der Waals surface area contributed by atoms with Crippen molar-refractivity contribution in [3.63, 3.8) is 0 Å². The molecule has 0 saturated heterocycles. The highest BCUT2D eigenvalue weighted by Gasteiger charge is 2.22. The third kappa shape index (κ3) is 60.4. The van der Waals surface area contributed by atoms with E-state index in [1.54, 1.807) is 0 Å². The zero-order valence-corrected chi connectivity index (χ0v) is 51.5. The molecule has 0 spiro atoms. The van der Waals surface area contributed by atoms with E-state index in [1.165, 1.54) is 173 Å². The van der Waals surface area contributed by atoms with E-state index >= 15 is 0 Å². The maximum Gasteiger partial charge on any atom is 0.306 e. The number of quaternary nitrogens is 1. The van der Waals surface area contributed by atoms with E-state index in [-0.39, 0.29) is 38.6 Å². The van der Waals surface area contributed by atoms with Crippen molar-refractivity contribution in [3.8, 4) is 0 Å². The van der Waals surface area contributed by atoms with Gasteiger partial charge in [0.25, 0.3) is 0 Å². The Hall–Kier alpha value is -3.27. The predicted molar refractivity (Wildman–Crippen MR) is 329 cm³/mol. The molecule has 0 bridgehead atoms. The van der Waals surface area contributed by atoms with E-state index in [4.69, 9.17) is 18.9 Å². The van der Waals surface area contributed by atoms with Gasteiger partial charge < -0.3 is 33.3 Å². The van der Waals surface area contributed by atoms with Crippen LogP contribution in [0.25, 0.3) is 0 Å². The number of ether oxygens (including phenoxy) is 4. The molecule has 0 amide bonds. The van der Waals surface area contributed by atoms with Crippen LogP contribution in [0.2, 0.25) is 0 Å². The highest BCUT2D eigenvalue weighted by molar-refractivity contribution is 5.70. The second-order valence-corrected chi connectivity index (χ2v) is 23.0. The molecule has 2 atom stereocenters. The standard InChI is InChI=1S/C69H123NO8/c1-6-8-10-12-14-16-18-20-22-23-24-25-26-27-28-29-30-31-32-33-34-35-36-37-38-39-40-41-42-43-44-45-46-48-50-52-54-56-58-60-67(72)78-65(64-77-69(68(73)74)75-62-61-70(3,4)5)63-76-66(71)59-57-55-53-51-49-47-21-19-17-15-13-11-9-7-2/h8,10,14,16,19-22,24-25,27-28,65,69H,6-7,9,11-13,15,17-18,23,26,29-64H2,1-5H3/b10-8-,16-14-,21-19-,22-20-,25-24-,28-27-. The van der Waals surface area contributed by atoms with Gasteiger partial charge in [0.1, 0.15) is 13.2 Å². The fraction of sp³-hybridized carbons (Fsp3) is 0.783. The van der Waals surface area contributed by atoms with Crippen molar-refractivity contribution in [3.05, 3.63) is 72.9 Å². The zero-order valence-electron chi connectivity index (χ0n) is 51.5. The van der Waals surface area contributed by atoms with Crippen LogP contribution in [0.15, 0.2) is 72.9 Å². The second kappa shape index (κ2) is 59.8. The molecule has 0 aromatic carbocycles. The van der Waals surface area contributed by atoms with Crippen LogP contribution in [0.4, 0.5) is 0 Å². The summed E-state index contributed by atoms with van der Waals surface area (Å²) in [5.41, 5.74) is 0. The summed E-state index contributed by atoms with van der Waals surface area (Å²) in [5.74, 6) is -2.28. The maximum absolute atomic E-state index is 12.9. The van der Waals surface area contributed by atoms with E-state index < -0.39 is 24.3 Å². The van der Waals surface area contributed by atoms with Crippen molar-refractivity contribution >= 4 is 17.9 Å². The van der Waals surface area contributed by atoms with E-state index in [0.29, 0.717) is 17.4 Å². The van der Waals surface area contributed by atoms with E-state index in [9.17, 15) is 19.5 Å². The molecule has 0 N–H and O–H groups in total. The fourth-order valence-corrected chi connectivity index (χ4v) is 9.21. The number of carbonyl (C=O) groups excluding carboxylic acids is 3. The summed E-state index contributed by atoms with van der Waals surface area (Å²) in [7, 11) is 5.93. The Bertz CT molecular complexity index is 1510. The first kappa shape index (κ1) is 74.7. The molecule has 9 heteroatoms. The number of hydrogen-bond donors (Lipinski definition) is 0. The third-order valence-corrected chi connectivity index (χ3v) is 14.2. The van der Waals surface area contributed by atoms with Gasteiger partial charge in [-0.3, -0.25) is 9.59 Å². The molecule has 0 aliphatic heterocycles. The molecule has 0 aliphatic carbocycles. The molecule has 0 aliphatic rings. The number of nitrogens with zero attached hydrogens (tertiary/aromatic N) is 1. The minimum atomic E-state index is -1.62. The molecule has 78 heavy (non-hydrogen) atoms. The summed E-state index contributed by atoms with van der Waals surface area (Å²) < 4.78 is 22.7. The average Bonchev–Trinajstić information content (AvgIpc) is 3.41. The Morgan fingerprint density at radius 3 is 1.10 bits per heavy atom. The van der Waals surface area contributed by atoms with Crippen molar-refractivity contribution < 1.29 is 42.9 Å². The van der Waals surface area contributed by atoms with Gasteiger partial charge in [-0.15, -0.1) is 0 Å². The first-order valence-corrected chi connectivity index (χ1v) is 32.6. The molecule has 0 aromatic rings. The normalized spacial score (nSPS) is 13.2. The van der Waals surface area contributed by atoms with Gasteiger partial charge in [0.2, 0.25) is 0 Å². The quantitative estimate of drug-likeness (QED) is 0.0195. The van der Waals surface area contributed by atoms with Crippen LogP contribution in [-0.2, 0) is 33.3 Å². The van der Waals surface area contributed by atoms with Crippen LogP contribution in [0.5, 0.6) is 0 Å². The van der Waals surface area contributed by atoms with E-state index in [1.807, 2.05) is 21.1 Å². The van der Waals surface area contributed by atoms with Crippen molar-refractivity contribution in [2.75, 3.05) is 47.5 Å². The Balaban J connectivity index is 3.97. The molecule has 0 radical (unpaired) electrons. The van der Waals surface area contributed by atoms with Crippen molar-refractivity contribution in [1.29, 1.82) is 0 Å². The number of carbonyl (C=O) groups is 3. The highest BCUT2D eigenvalue weighted by atomic mass is 16.7. The minimum absolute atomic E-state index is 0.147. The Morgan fingerprint density at radius 1 is 0.397 bits per heavy atom. The molecule has 2 unspecified atom stereocenters. The Labute approximate surface area is 481 Å². The number of carboxylic acids is 1. The first-order chi connectivity index (χ1) is 38.1. The lowest BCUT2D eigenvalue weighted by molar-refractivity contribution is -0.870. The molecular weight excluding hydrogens is 971 g/mol. The number of rotatable bonds is 60. The molecule has 0 saturated carbocycles. The number of esters is 2.